The van der Waals surface area contributed by atoms with Gasteiger partial charge < -0.3 is 14.2 Å². The van der Waals surface area contributed by atoms with Crippen LogP contribution < -0.4 is 14.2 Å². The van der Waals surface area contributed by atoms with E-state index in [4.69, 9.17) is 14.2 Å². The van der Waals surface area contributed by atoms with Crippen molar-refractivity contribution in [1.29, 1.82) is 5.26 Å². The zero-order valence-corrected chi connectivity index (χ0v) is 15.9. The smallest absolute Gasteiger partial charge is 0.349 e. The Labute approximate surface area is 169 Å². The summed E-state index contributed by atoms with van der Waals surface area (Å²) >= 11 is 0. The molecule has 0 saturated carbocycles. The maximum Gasteiger partial charge on any atom is 0.349 e. The van der Waals surface area contributed by atoms with Gasteiger partial charge in [-0.05, 0) is 65.7 Å². The van der Waals surface area contributed by atoms with Crippen LogP contribution in [0.5, 0.6) is 17.2 Å². The molecule has 0 aromatic heterocycles. The zero-order valence-electron chi connectivity index (χ0n) is 15.9. The average Bonchev–Trinajstić information content (AvgIpc) is 2.77. The fourth-order valence-electron chi connectivity index (χ4n) is 2.61. The lowest BCUT2D eigenvalue weighted by Crippen LogP contribution is -2.17. The average molecular weight is 385 g/mol. The topological polar surface area (TPSA) is 68.5 Å². The van der Waals surface area contributed by atoms with E-state index in [1.54, 1.807) is 55.7 Å². The van der Waals surface area contributed by atoms with Gasteiger partial charge in [-0.3, -0.25) is 0 Å². The molecule has 0 spiro atoms. The minimum absolute atomic E-state index is 0.195. The number of hydrogen-bond donors (Lipinski definition) is 0. The lowest BCUT2D eigenvalue weighted by Gasteiger charge is -2.07. The Morgan fingerprint density at radius 2 is 1.66 bits per heavy atom. The van der Waals surface area contributed by atoms with Gasteiger partial charge in [-0.15, -0.1) is 0 Å². The second kappa shape index (κ2) is 9.77. The van der Waals surface area contributed by atoms with E-state index in [2.05, 4.69) is 6.07 Å². The summed E-state index contributed by atoms with van der Waals surface area (Å²) in [4.78, 5) is 12.0. The van der Waals surface area contributed by atoms with Crippen molar-refractivity contribution in [3.8, 4) is 23.3 Å². The maximum absolute atomic E-state index is 12.0. The number of rotatable bonds is 7. The predicted octanol–water partition coefficient (Wildman–Crippen LogP) is 4.74. The summed E-state index contributed by atoms with van der Waals surface area (Å²) in [6.45, 7) is -0.195. The van der Waals surface area contributed by atoms with Crippen molar-refractivity contribution < 1.29 is 19.0 Å². The molecule has 29 heavy (non-hydrogen) atoms. The molecule has 5 nitrogen and oxygen atoms in total. The maximum atomic E-state index is 12.0. The fraction of sp³-hybridized carbons (Fsp3) is 0.0833. The number of allylic oxidation sites excluding steroid dienone is 1. The summed E-state index contributed by atoms with van der Waals surface area (Å²) in [5, 5.41) is 9.51. The van der Waals surface area contributed by atoms with E-state index in [9.17, 15) is 10.1 Å². The summed E-state index contributed by atoms with van der Waals surface area (Å²) in [6, 6.07) is 25.4. The first-order chi connectivity index (χ1) is 14.2. The number of hydrogen-bond acceptors (Lipinski definition) is 5. The van der Waals surface area contributed by atoms with Gasteiger partial charge in [0.2, 0.25) is 0 Å². The quantitative estimate of drug-likeness (QED) is 0.254. The summed E-state index contributed by atoms with van der Waals surface area (Å²) in [5.41, 5.74) is 2.00. The third kappa shape index (κ3) is 5.72. The standard InChI is InChI=1S/C24H19NO4/c1-27-21-12-10-19(11-13-21)20(16-25)14-18-6-5-9-23(15-18)29-24(26)17-28-22-7-3-2-4-8-22/h2-15H,17H2,1H3/b20-14-. The number of esters is 1. The third-order valence-electron chi connectivity index (χ3n) is 4.02. The van der Waals surface area contributed by atoms with Crippen LogP contribution in [0.1, 0.15) is 11.1 Å². The molecule has 5 heteroatoms. The molecule has 144 valence electrons. The highest BCUT2D eigenvalue weighted by atomic mass is 16.6. The van der Waals surface area contributed by atoms with Gasteiger partial charge in [0, 0.05) is 0 Å². The molecular formula is C24H19NO4. The van der Waals surface area contributed by atoms with E-state index < -0.39 is 5.97 Å². The van der Waals surface area contributed by atoms with Gasteiger partial charge in [-0.25, -0.2) is 4.79 Å². The number of nitrogens with zero attached hydrogens (tertiary/aromatic N) is 1. The van der Waals surface area contributed by atoms with E-state index in [0.717, 1.165) is 16.9 Å². The van der Waals surface area contributed by atoms with Crippen LogP contribution >= 0.6 is 0 Å². The summed E-state index contributed by atoms with van der Waals surface area (Å²) in [7, 11) is 1.59. The second-order valence-electron chi connectivity index (χ2n) is 6.05. The van der Waals surface area contributed by atoms with Crippen LogP contribution in [0.15, 0.2) is 78.9 Å². The van der Waals surface area contributed by atoms with Crippen LogP contribution in [0.25, 0.3) is 11.6 Å². The zero-order chi connectivity index (χ0) is 20.5. The van der Waals surface area contributed by atoms with Crippen LogP contribution in [0.3, 0.4) is 0 Å². The van der Waals surface area contributed by atoms with E-state index in [0.29, 0.717) is 17.1 Å². The van der Waals surface area contributed by atoms with Gasteiger partial charge in [0.15, 0.2) is 6.61 Å². The molecule has 0 N–H and O–H groups in total. The SMILES string of the molecule is COc1ccc(/C(C#N)=C\c2cccc(OC(=O)COc3ccccc3)c2)cc1. The normalized spacial score (nSPS) is 10.7. The molecule has 0 bridgehead atoms. The minimum atomic E-state index is -0.509. The largest absolute Gasteiger partial charge is 0.497 e. The third-order valence-corrected chi connectivity index (χ3v) is 4.02. The van der Waals surface area contributed by atoms with Crippen molar-refractivity contribution in [1.82, 2.24) is 0 Å². The Morgan fingerprint density at radius 3 is 2.34 bits per heavy atom. The Morgan fingerprint density at radius 1 is 0.931 bits per heavy atom. The molecule has 0 aliphatic heterocycles. The van der Waals surface area contributed by atoms with Crippen LogP contribution in [0, 0.1) is 11.3 Å². The van der Waals surface area contributed by atoms with Crippen LogP contribution in [0.2, 0.25) is 0 Å². The van der Waals surface area contributed by atoms with Crippen molar-refractivity contribution in [2.24, 2.45) is 0 Å². The molecule has 0 fully saturated rings. The minimum Gasteiger partial charge on any atom is -0.497 e. The molecule has 0 atom stereocenters. The van der Waals surface area contributed by atoms with Gasteiger partial charge >= 0.3 is 5.97 Å². The Balaban J connectivity index is 1.68. The number of carbonyl (C=O) groups excluding carboxylic acids is 1. The Kier molecular flexibility index (Phi) is 6.64. The predicted molar refractivity (Wildman–Crippen MR) is 110 cm³/mol. The van der Waals surface area contributed by atoms with Crippen molar-refractivity contribution in [3.05, 3.63) is 90.0 Å². The number of para-hydroxylation sites is 1. The highest BCUT2D eigenvalue weighted by Crippen LogP contribution is 2.22. The number of carbonyl (C=O) groups is 1. The van der Waals surface area contributed by atoms with Crippen LogP contribution in [0.4, 0.5) is 0 Å². The summed E-state index contributed by atoms with van der Waals surface area (Å²) in [5.74, 6) is 1.19. The van der Waals surface area contributed by atoms with E-state index >= 15 is 0 Å². The van der Waals surface area contributed by atoms with Crippen molar-refractivity contribution in [2.45, 2.75) is 0 Å². The fourth-order valence-corrected chi connectivity index (χ4v) is 2.61. The van der Waals surface area contributed by atoms with Crippen molar-refractivity contribution in [2.75, 3.05) is 13.7 Å². The molecule has 0 aliphatic carbocycles. The first-order valence-electron chi connectivity index (χ1n) is 8.93. The van der Waals surface area contributed by atoms with Gasteiger partial charge in [0.05, 0.1) is 18.8 Å². The van der Waals surface area contributed by atoms with Gasteiger partial charge in [-0.1, -0.05) is 30.3 Å². The molecule has 0 radical (unpaired) electrons. The van der Waals surface area contributed by atoms with Crippen molar-refractivity contribution in [3.63, 3.8) is 0 Å². The molecule has 0 heterocycles. The first kappa shape index (κ1) is 19.7. The molecule has 0 saturated heterocycles. The van der Waals surface area contributed by atoms with Crippen LogP contribution in [-0.2, 0) is 4.79 Å². The second-order valence-corrected chi connectivity index (χ2v) is 6.05. The summed E-state index contributed by atoms with van der Waals surface area (Å²) < 4.78 is 15.9. The number of methoxy groups -OCH3 is 1. The highest BCUT2D eigenvalue weighted by Gasteiger charge is 2.07. The van der Waals surface area contributed by atoms with E-state index in [1.165, 1.54) is 0 Å². The molecule has 3 aromatic carbocycles. The van der Waals surface area contributed by atoms with Gasteiger partial charge in [0.1, 0.15) is 17.2 Å². The molecule has 3 rings (SSSR count). The molecule has 0 unspecified atom stereocenters. The van der Waals surface area contributed by atoms with Gasteiger partial charge in [-0.2, -0.15) is 5.26 Å². The number of benzene rings is 3. The number of ether oxygens (including phenoxy) is 3. The Hall–Kier alpha value is -4.04. The summed E-state index contributed by atoms with van der Waals surface area (Å²) in [6.07, 6.45) is 1.74. The number of nitriles is 1. The lowest BCUT2D eigenvalue weighted by atomic mass is 10.0. The lowest BCUT2D eigenvalue weighted by molar-refractivity contribution is -0.136. The van der Waals surface area contributed by atoms with E-state index in [-0.39, 0.29) is 6.61 Å². The van der Waals surface area contributed by atoms with Gasteiger partial charge in [0.25, 0.3) is 0 Å². The molecule has 0 aliphatic rings. The van der Waals surface area contributed by atoms with Crippen molar-refractivity contribution >= 4 is 17.6 Å². The highest BCUT2D eigenvalue weighted by molar-refractivity contribution is 5.89. The molecule has 0 amide bonds. The monoisotopic (exact) mass is 385 g/mol. The first-order valence-corrected chi connectivity index (χ1v) is 8.93. The van der Waals surface area contributed by atoms with Crippen LogP contribution in [-0.4, -0.2) is 19.7 Å². The Bertz CT molecular complexity index is 1030. The molecular weight excluding hydrogens is 366 g/mol. The molecule has 3 aromatic rings. The van der Waals surface area contributed by atoms with E-state index in [1.807, 2.05) is 36.4 Å².